The first kappa shape index (κ1) is 26.2. The topological polar surface area (TPSA) is 74.8 Å². The number of carbonyl (C=O) groups is 2. The molecule has 0 unspecified atom stereocenters. The van der Waals surface area contributed by atoms with Crippen molar-refractivity contribution in [3.63, 3.8) is 0 Å². The van der Waals surface area contributed by atoms with Gasteiger partial charge in [0.1, 0.15) is 17.3 Å². The normalized spacial score (nSPS) is 16.6. The van der Waals surface area contributed by atoms with Crippen molar-refractivity contribution in [2.24, 2.45) is 0 Å². The Balaban J connectivity index is 1.29. The van der Waals surface area contributed by atoms with Crippen LogP contribution in [0.15, 0.2) is 66.7 Å². The fraction of sp³-hybridized carbons (Fsp3) is 0.258. The smallest absolute Gasteiger partial charge is 0.276 e. The number of pyridine rings is 1. The molecule has 0 spiro atoms. The van der Waals surface area contributed by atoms with Gasteiger partial charge in [-0.3, -0.25) is 9.59 Å². The maximum atomic E-state index is 14.4. The first-order valence-corrected chi connectivity index (χ1v) is 14.1. The molecule has 6 rings (SSSR count). The molecule has 1 N–H and O–H groups in total. The molecule has 0 radical (unpaired) electrons. The third-order valence-electron chi connectivity index (χ3n) is 7.40. The van der Waals surface area contributed by atoms with E-state index in [2.05, 4.69) is 17.1 Å². The summed E-state index contributed by atoms with van der Waals surface area (Å²) in [7, 11) is 0. The first-order valence-electron chi connectivity index (χ1n) is 13.3. The number of para-hydroxylation sites is 2. The van der Waals surface area contributed by atoms with Crippen LogP contribution >= 0.6 is 11.3 Å². The van der Waals surface area contributed by atoms with E-state index in [0.29, 0.717) is 42.3 Å². The minimum Gasteiger partial charge on any atom is -0.377 e. The molecule has 2 aromatic heterocycles. The van der Waals surface area contributed by atoms with Crippen LogP contribution < -0.4 is 15.1 Å². The molecule has 204 valence electrons. The summed E-state index contributed by atoms with van der Waals surface area (Å²) in [5, 5.41) is 2.74. The Kier molecular flexibility index (Phi) is 7.08. The SMILES string of the molecule is Cc1cccc(F)c1NC(=O)c1cc2c(s1)-c1ccccc1N(C(=O)c1cccc(N3CCOC[C@H]3C)n1)CC2. The second-order valence-corrected chi connectivity index (χ2v) is 11.1. The largest absolute Gasteiger partial charge is 0.377 e. The van der Waals surface area contributed by atoms with Crippen molar-refractivity contribution in [1.82, 2.24) is 4.98 Å². The molecule has 4 heterocycles. The molecular weight excluding hydrogens is 527 g/mol. The van der Waals surface area contributed by atoms with Crippen LogP contribution in [0, 0.1) is 12.7 Å². The summed E-state index contributed by atoms with van der Waals surface area (Å²) in [6, 6.07) is 20.0. The van der Waals surface area contributed by atoms with E-state index in [9.17, 15) is 14.0 Å². The van der Waals surface area contributed by atoms with Crippen LogP contribution in [0.3, 0.4) is 0 Å². The number of hydrogen-bond acceptors (Lipinski definition) is 6. The lowest BCUT2D eigenvalue weighted by molar-refractivity contribution is 0.0973. The van der Waals surface area contributed by atoms with Gasteiger partial charge in [-0.05, 0) is 61.7 Å². The summed E-state index contributed by atoms with van der Waals surface area (Å²) in [6.45, 7) is 6.27. The number of nitrogens with one attached hydrogen (secondary N) is 1. The van der Waals surface area contributed by atoms with Crippen molar-refractivity contribution in [2.75, 3.05) is 41.4 Å². The van der Waals surface area contributed by atoms with Gasteiger partial charge in [0, 0.05) is 23.5 Å². The molecule has 2 amide bonds. The molecular formula is C31H29FN4O3S. The molecule has 0 aliphatic carbocycles. The van der Waals surface area contributed by atoms with Crippen molar-refractivity contribution in [3.8, 4) is 10.4 Å². The molecule has 1 saturated heterocycles. The number of hydrogen-bond donors (Lipinski definition) is 1. The second-order valence-electron chi connectivity index (χ2n) is 10.1. The lowest BCUT2D eigenvalue weighted by Crippen LogP contribution is -2.44. The number of aryl methyl sites for hydroxylation is 1. The van der Waals surface area contributed by atoms with Crippen LogP contribution in [0.4, 0.5) is 21.6 Å². The average molecular weight is 557 g/mol. The number of morpholine rings is 1. The average Bonchev–Trinajstić information content (AvgIpc) is 3.33. The molecule has 4 aromatic rings. The molecule has 1 atom stereocenters. The molecule has 40 heavy (non-hydrogen) atoms. The van der Waals surface area contributed by atoms with Crippen LogP contribution in [0.5, 0.6) is 0 Å². The van der Waals surface area contributed by atoms with E-state index in [1.807, 2.05) is 42.5 Å². The predicted molar refractivity (Wildman–Crippen MR) is 156 cm³/mol. The number of benzene rings is 2. The minimum absolute atomic E-state index is 0.168. The number of aromatic nitrogens is 1. The van der Waals surface area contributed by atoms with Gasteiger partial charge in [-0.2, -0.15) is 0 Å². The van der Waals surface area contributed by atoms with E-state index in [-0.39, 0.29) is 23.5 Å². The van der Waals surface area contributed by atoms with Gasteiger partial charge >= 0.3 is 0 Å². The number of carbonyl (C=O) groups excluding carboxylic acids is 2. The summed E-state index contributed by atoms with van der Waals surface area (Å²) >= 11 is 1.35. The highest BCUT2D eigenvalue weighted by molar-refractivity contribution is 7.17. The number of anilines is 3. The lowest BCUT2D eigenvalue weighted by atomic mass is 10.1. The van der Waals surface area contributed by atoms with Gasteiger partial charge in [-0.25, -0.2) is 9.37 Å². The van der Waals surface area contributed by atoms with E-state index in [1.165, 1.54) is 17.4 Å². The zero-order valence-corrected chi connectivity index (χ0v) is 23.1. The predicted octanol–water partition coefficient (Wildman–Crippen LogP) is 5.94. The van der Waals surface area contributed by atoms with E-state index in [4.69, 9.17) is 9.72 Å². The Morgan fingerprint density at radius 1 is 1.07 bits per heavy atom. The maximum Gasteiger partial charge on any atom is 0.276 e. The number of nitrogens with zero attached hydrogens (tertiary/aromatic N) is 3. The molecule has 1 fully saturated rings. The highest BCUT2D eigenvalue weighted by atomic mass is 32.1. The lowest BCUT2D eigenvalue weighted by Gasteiger charge is -2.34. The van der Waals surface area contributed by atoms with Crippen LogP contribution in [0.1, 0.15) is 38.2 Å². The van der Waals surface area contributed by atoms with Gasteiger partial charge in [0.15, 0.2) is 0 Å². The number of amides is 2. The van der Waals surface area contributed by atoms with Crippen molar-refractivity contribution < 1.29 is 18.7 Å². The molecule has 2 aliphatic heterocycles. The number of ether oxygens (including phenoxy) is 1. The standard InChI is InChI=1S/C31H29FN4O3S/c1-19-7-5-9-23(32)28(19)34-30(37)26-17-21-13-14-36(25-11-4-3-8-22(25)29(21)40-26)31(38)24-10-6-12-27(33-24)35-15-16-39-18-20(35)2/h3-12,17,20H,13-16,18H2,1-2H3,(H,34,37)/t20-/m1/s1. The Morgan fingerprint density at radius 2 is 1.90 bits per heavy atom. The van der Waals surface area contributed by atoms with Crippen LogP contribution in [0.2, 0.25) is 0 Å². The quantitative estimate of drug-likeness (QED) is 0.337. The molecule has 0 saturated carbocycles. The van der Waals surface area contributed by atoms with Gasteiger partial charge in [0.25, 0.3) is 11.8 Å². The van der Waals surface area contributed by atoms with Gasteiger partial charge in [-0.1, -0.05) is 36.4 Å². The maximum absolute atomic E-state index is 14.4. The first-order chi connectivity index (χ1) is 19.4. The fourth-order valence-electron chi connectivity index (χ4n) is 5.29. The number of rotatable bonds is 4. The summed E-state index contributed by atoms with van der Waals surface area (Å²) in [5.74, 6) is -0.218. The zero-order valence-electron chi connectivity index (χ0n) is 22.3. The van der Waals surface area contributed by atoms with Gasteiger partial charge in [0.2, 0.25) is 0 Å². The monoisotopic (exact) mass is 556 g/mol. The molecule has 2 aromatic carbocycles. The zero-order chi connectivity index (χ0) is 27.8. The second kappa shape index (κ2) is 10.8. The highest BCUT2D eigenvalue weighted by Gasteiger charge is 2.29. The van der Waals surface area contributed by atoms with Crippen molar-refractivity contribution >= 4 is 40.3 Å². The number of halogens is 1. The third kappa shape index (κ3) is 4.87. The van der Waals surface area contributed by atoms with Crippen LogP contribution in [-0.2, 0) is 11.2 Å². The van der Waals surface area contributed by atoms with E-state index >= 15 is 0 Å². The Morgan fingerprint density at radius 3 is 2.73 bits per heavy atom. The van der Waals surface area contributed by atoms with Gasteiger partial charge in [-0.15, -0.1) is 11.3 Å². The highest BCUT2D eigenvalue weighted by Crippen LogP contribution is 2.42. The molecule has 2 aliphatic rings. The third-order valence-corrected chi connectivity index (χ3v) is 8.61. The number of fused-ring (bicyclic) bond motifs is 3. The van der Waals surface area contributed by atoms with Crippen molar-refractivity contribution in [2.45, 2.75) is 26.3 Å². The molecule has 0 bridgehead atoms. The number of thiophene rings is 1. The minimum atomic E-state index is -0.466. The van der Waals surface area contributed by atoms with Crippen LogP contribution in [0.25, 0.3) is 10.4 Å². The summed E-state index contributed by atoms with van der Waals surface area (Å²) in [6.07, 6.45) is 0.568. The molecule has 9 heteroatoms. The van der Waals surface area contributed by atoms with E-state index in [0.717, 1.165) is 34.1 Å². The van der Waals surface area contributed by atoms with Gasteiger partial charge in [0.05, 0.1) is 35.5 Å². The van der Waals surface area contributed by atoms with E-state index in [1.54, 1.807) is 30.0 Å². The summed E-state index contributed by atoms with van der Waals surface area (Å²) in [5.41, 5.74) is 3.87. The fourth-order valence-corrected chi connectivity index (χ4v) is 6.43. The van der Waals surface area contributed by atoms with Crippen molar-refractivity contribution in [1.29, 1.82) is 0 Å². The van der Waals surface area contributed by atoms with Crippen LogP contribution in [-0.4, -0.2) is 49.1 Å². The van der Waals surface area contributed by atoms with Gasteiger partial charge < -0.3 is 19.9 Å². The Hall–Kier alpha value is -4.08. The summed E-state index contributed by atoms with van der Waals surface area (Å²) < 4.78 is 19.9. The van der Waals surface area contributed by atoms with Crippen molar-refractivity contribution in [3.05, 3.63) is 94.2 Å². The Labute approximate surface area is 236 Å². The Bertz CT molecular complexity index is 1580. The molecule has 7 nitrogen and oxygen atoms in total. The van der Waals surface area contributed by atoms with E-state index < -0.39 is 5.82 Å². The summed E-state index contributed by atoms with van der Waals surface area (Å²) in [4.78, 5) is 37.1.